The number of aryl methyl sites for hydroxylation is 3. The summed E-state index contributed by atoms with van der Waals surface area (Å²) in [5, 5.41) is 3.05. The molecule has 2 fully saturated rings. The molecular formula is C32H41N7O4. The third-order valence-corrected chi connectivity index (χ3v) is 8.14. The Hall–Kier alpha value is -4.28. The van der Waals surface area contributed by atoms with E-state index in [4.69, 9.17) is 14.5 Å². The highest BCUT2D eigenvalue weighted by atomic mass is 16.6. The van der Waals surface area contributed by atoms with Crippen molar-refractivity contribution in [2.24, 2.45) is 0 Å². The van der Waals surface area contributed by atoms with Crippen LogP contribution in [-0.2, 0) is 4.74 Å². The van der Waals surface area contributed by atoms with Crippen LogP contribution in [0.25, 0.3) is 11.2 Å². The van der Waals surface area contributed by atoms with Crippen LogP contribution in [0.2, 0.25) is 0 Å². The van der Waals surface area contributed by atoms with Crippen molar-refractivity contribution in [2.45, 2.75) is 84.9 Å². The predicted octanol–water partition coefficient (Wildman–Crippen LogP) is 5.54. The van der Waals surface area contributed by atoms with Gasteiger partial charge in [-0.1, -0.05) is 0 Å². The van der Waals surface area contributed by atoms with Gasteiger partial charge in [-0.05, 0) is 79.4 Å². The number of pyridine rings is 1. The average molecular weight is 588 g/mol. The topological polar surface area (TPSA) is 106 Å². The molecule has 0 spiro atoms. The number of carbonyl (C=O) groups excluding carboxylic acids is 2. The molecule has 4 aromatic heterocycles. The van der Waals surface area contributed by atoms with E-state index in [2.05, 4.69) is 15.2 Å². The number of nitrogens with one attached hydrogen (secondary N) is 1. The van der Waals surface area contributed by atoms with Gasteiger partial charge in [0.2, 0.25) is 0 Å². The molecule has 0 aromatic carbocycles. The second kappa shape index (κ2) is 10.8. The van der Waals surface area contributed by atoms with Crippen LogP contribution < -0.4 is 15.0 Å². The monoisotopic (exact) mass is 587 g/mol. The van der Waals surface area contributed by atoms with Gasteiger partial charge in [0, 0.05) is 43.8 Å². The van der Waals surface area contributed by atoms with Crippen LogP contribution in [-0.4, -0.2) is 73.6 Å². The van der Waals surface area contributed by atoms with Gasteiger partial charge < -0.3 is 29.0 Å². The van der Waals surface area contributed by atoms with E-state index in [1.54, 1.807) is 7.11 Å². The zero-order chi connectivity index (χ0) is 30.6. The molecule has 1 aliphatic heterocycles. The minimum absolute atomic E-state index is 0.152. The average Bonchev–Trinajstić information content (AvgIpc) is 3.57. The summed E-state index contributed by atoms with van der Waals surface area (Å²) in [5.74, 6) is 1.28. The number of hydrogen-bond acceptors (Lipinski definition) is 7. The summed E-state index contributed by atoms with van der Waals surface area (Å²) < 4.78 is 15.4. The van der Waals surface area contributed by atoms with E-state index in [0.717, 1.165) is 67.2 Å². The Labute approximate surface area is 251 Å². The fourth-order valence-corrected chi connectivity index (χ4v) is 6.24. The minimum Gasteiger partial charge on any atom is -0.492 e. The number of rotatable bonds is 6. The number of ether oxygens (including phenoxy) is 2. The quantitative estimate of drug-likeness (QED) is 0.316. The molecule has 0 radical (unpaired) electrons. The summed E-state index contributed by atoms with van der Waals surface area (Å²) in [6.45, 7) is 13.1. The molecule has 228 valence electrons. The lowest BCUT2D eigenvalue weighted by Crippen LogP contribution is -2.50. The van der Waals surface area contributed by atoms with E-state index in [0.29, 0.717) is 22.6 Å². The first-order valence-corrected chi connectivity index (χ1v) is 15.0. The van der Waals surface area contributed by atoms with Crippen LogP contribution in [0.4, 0.5) is 16.3 Å². The van der Waals surface area contributed by atoms with Crippen molar-refractivity contribution in [1.82, 2.24) is 23.7 Å². The second-order valence-electron chi connectivity index (χ2n) is 12.8. The molecule has 43 heavy (non-hydrogen) atoms. The third-order valence-electron chi connectivity index (χ3n) is 8.14. The molecule has 11 nitrogen and oxygen atoms in total. The Morgan fingerprint density at radius 3 is 2.28 bits per heavy atom. The van der Waals surface area contributed by atoms with Crippen molar-refractivity contribution in [3.63, 3.8) is 0 Å². The number of carbonyl (C=O) groups is 2. The number of amides is 2. The molecule has 11 heteroatoms. The van der Waals surface area contributed by atoms with Crippen LogP contribution in [0.5, 0.6) is 5.75 Å². The molecule has 2 amide bonds. The minimum atomic E-state index is -0.515. The number of nitrogens with zero attached hydrogens (tertiary/aromatic N) is 6. The normalized spacial score (nSPS) is 16.1. The third kappa shape index (κ3) is 5.60. The molecular weight excluding hydrogens is 546 g/mol. The number of hydrogen-bond donors (Lipinski definition) is 1. The van der Waals surface area contributed by atoms with Crippen molar-refractivity contribution in [2.75, 3.05) is 30.4 Å². The molecule has 4 aromatic rings. The standard InChI is InChI=1S/C32H41N7O4/c1-19-16-37-18-25(28(42-7)27(37)21(3)33-19)35-30(40)24-10-11-26(38-17-20(2)34-29(24)38)36-14-12-23(13-15-36)39(22-8-9-22)31(41)43-32(4,5)6/h10-11,16-18,22-23H,8-9,12-15H2,1-7H3,(H,35,40). The largest absolute Gasteiger partial charge is 0.492 e. The van der Waals surface area contributed by atoms with Gasteiger partial charge in [0.15, 0.2) is 11.4 Å². The Bertz CT molecular complexity index is 1700. The lowest BCUT2D eigenvalue weighted by molar-refractivity contribution is 0.0113. The first-order valence-electron chi connectivity index (χ1n) is 15.0. The van der Waals surface area contributed by atoms with Gasteiger partial charge in [-0.3, -0.25) is 14.2 Å². The molecule has 5 heterocycles. The number of methoxy groups -OCH3 is 1. The summed E-state index contributed by atoms with van der Waals surface area (Å²) in [6, 6.07) is 4.27. The molecule has 6 rings (SSSR count). The molecule has 1 saturated carbocycles. The Morgan fingerprint density at radius 1 is 0.953 bits per heavy atom. The number of fused-ring (bicyclic) bond motifs is 2. The van der Waals surface area contributed by atoms with Crippen molar-refractivity contribution in [3.05, 3.63) is 53.4 Å². The first-order chi connectivity index (χ1) is 20.4. The lowest BCUT2D eigenvalue weighted by Gasteiger charge is -2.40. The van der Waals surface area contributed by atoms with Gasteiger partial charge in [0.25, 0.3) is 5.91 Å². The molecule has 1 saturated heterocycles. The molecule has 0 bridgehead atoms. The number of imidazole rings is 1. The fourth-order valence-electron chi connectivity index (χ4n) is 6.24. The number of anilines is 2. The van der Waals surface area contributed by atoms with Gasteiger partial charge in [0.1, 0.15) is 22.6 Å². The van der Waals surface area contributed by atoms with Gasteiger partial charge >= 0.3 is 6.09 Å². The first kappa shape index (κ1) is 28.8. The molecule has 0 atom stereocenters. The molecule has 2 aliphatic rings. The van der Waals surface area contributed by atoms with Crippen LogP contribution in [0.1, 0.15) is 73.9 Å². The highest BCUT2D eigenvalue weighted by molar-refractivity contribution is 6.09. The Morgan fingerprint density at radius 2 is 1.63 bits per heavy atom. The van der Waals surface area contributed by atoms with Gasteiger partial charge in [0.05, 0.1) is 29.8 Å². The maximum atomic E-state index is 13.7. The summed E-state index contributed by atoms with van der Waals surface area (Å²) in [6.07, 6.45) is 9.31. The predicted molar refractivity (Wildman–Crippen MR) is 165 cm³/mol. The van der Waals surface area contributed by atoms with Crippen LogP contribution in [0.15, 0.2) is 30.7 Å². The van der Waals surface area contributed by atoms with Crippen LogP contribution in [0, 0.1) is 20.8 Å². The van der Waals surface area contributed by atoms with E-state index < -0.39 is 5.60 Å². The second-order valence-corrected chi connectivity index (χ2v) is 12.8. The summed E-state index contributed by atoms with van der Waals surface area (Å²) in [4.78, 5) is 40.3. The van der Waals surface area contributed by atoms with Crippen molar-refractivity contribution in [3.8, 4) is 5.75 Å². The molecule has 0 unspecified atom stereocenters. The maximum Gasteiger partial charge on any atom is 0.410 e. The Balaban J connectivity index is 1.23. The highest BCUT2D eigenvalue weighted by Crippen LogP contribution is 2.36. The van der Waals surface area contributed by atoms with Gasteiger partial charge in [-0.2, -0.15) is 0 Å². The van der Waals surface area contributed by atoms with E-state index in [9.17, 15) is 9.59 Å². The highest BCUT2D eigenvalue weighted by Gasteiger charge is 2.41. The Kier molecular flexibility index (Phi) is 7.22. The van der Waals surface area contributed by atoms with E-state index in [-0.39, 0.29) is 24.1 Å². The van der Waals surface area contributed by atoms with Gasteiger partial charge in [-0.25, -0.2) is 9.78 Å². The van der Waals surface area contributed by atoms with Crippen molar-refractivity contribution < 1.29 is 19.1 Å². The zero-order valence-electron chi connectivity index (χ0n) is 26.1. The van der Waals surface area contributed by atoms with E-state index >= 15 is 0 Å². The van der Waals surface area contributed by atoms with Gasteiger partial charge in [-0.15, -0.1) is 0 Å². The van der Waals surface area contributed by atoms with Crippen LogP contribution >= 0.6 is 0 Å². The molecule has 1 aliphatic carbocycles. The summed E-state index contributed by atoms with van der Waals surface area (Å²) in [5.41, 5.74) is 4.46. The smallest absolute Gasteiger partial charge is 0.410 e. The maximum absolute atomic E-state index is 13.7. The SMILES string of the molecule is COc1c(NC(=O)c2ccc(N3CCC(N(C(=O)OC(C)(C)C)C4CC4)CC3)n3cc(C)nc23)cn2cc(C)nc(C)c12. The number of aromatic nitrogens is 4. The molecule has 1 N–H and O–H groups in total. The summed E-state index contributed by atoms with van der Waals surface area (Å²) >= 11 is 0. The number of piperidine rings is 1. The summed E-state index contributed by atoms with van der Waals surface area (Å²) in [7, 11) is 1.59. The van der Waals surface area contributed by atoms with E-state index in [1.165, 1.54) is 0 Å². The zero-order valence-corrected chi connectivity index (χ0v) is 26.1. The van der Waals surface area contributed by atoms with E-state index in [1.807, 2.05) is 86.0 Å². The van der Waals surface area contributed by atoms with Crippen LogP contribution in [0.3, 0.4) is 0 Å². The lowest BCUT2D eigenvalue weighted by atomic mass is 10.0. The fraction of sp³-hybridized carbons (Fsp3) is 0.500. The van der Waals surface area contributed by atoms with Crippen molar-refractivity contribution in [1.29, 1.82) is 0 Å². The van der Waals surface area contributed by atoms with Crippen molar-refractivity contribution >= 4 is 34.7 Å².